The molecule has 1 saturated heterocycles. The Labute approximate surface area is 143 Å². The lowest BCUT2D eigenvalue weighted by Crippen LogP contribution is -2.46. The van der Waals surface area contributed by atoms with Crippen molar-refractivity contribution in [2.75, 3.05) is 6.54 Å². The number of carbonyl (C=O) groups excluding carboxylic acids is 1. The number of ether oxygens (including phenoxy) is 1. The minimum Gasteiger partial charge on any atom is -0.444 e. The Morgan fingerprint density at radius 1 is 1.43 bits per heavy atom. The molecule has 0 aromatic heterocycles. The van der Waals surface area contributed by atoms with Crippen molar-refractivity contribution < 1.29 is 14.6 Å². The Morgan fingerprint density at radius 3 is 2.83 bits per heavy atom. The molecule has 1 aromatic carbocycles. The van der Waals surface area contributed by atoms with Gasteiger partial charge < -0.3 is 14.7 Å². The molecule has 128 valence electrons. The van der Waals surface area contributed by atoms with Crippen LogP contribution in [0.15, 0.2) is 24.3 Å². The van der Waals surface area contributed by atoms with Crippen LogP contribution >= 0.6 is 11.6 Å². The number of hydrogen-bond acceptors (Lipinski definition) is 3. The van der Waals surface area contributed by atoms with Gasteiger partial charge in [0, 0.05) is 17.6 Å². The molecule has 1 amide bonds. The van der Waals surface area contributed by atoms with E-state index in [1.165, 1.54) is 0 Å². The first kappa shape index (κ1) is 18.1. The van der Waals surface area contributed by atoms with Crippen LogP contribution in [-0.2, 0) is 4.74 Å². The first-order chi connectivity index (χ1) is 10.8. The standard InChI is InChI=1S/C18H26ClNO3/c1-18(2,3)23-17(22)20-10-5-4-9-15(20)12-16(21)13-7-6-8-14(19)11-13/h6-8,11,15-16,21H,4-5,9-10,12H2,1-3H3. The van der Waals surface area contributed by atoms with E-state index >= 15 is 0 Å². The minimum absolute atomic E-state index is 0.00687. The Balaban J connectivity index is 2.05. The second-order valence-corrected chi connectivity index (χ2v) is 7.57. The van der Waals surface area contributed by atoms with Gasteiger partial charge in [0.2, 0.25) is 0 Å². The molecular formula is C18H26ClNO3. The van der Waals surface area contributed by atoms with E-state index in [1.54, 1.807) is 17.0 Å². The zero-order valence-corrected chi connectivity index (χ0v) is 14.8. The van der Waals surface area contributed by atoms with Gasteiger partial charge in [-0.15, -0.1) is 0 Å². The van der Waals surface area contributed by atoms with Crippen LogP contribution in [0.5, 0.6) is 0 Å². The lowest BCUT2D eigenvalue weighted by Gasteiger charge is -2.37. The maximum absolute atomic E-state index is 12.4. The van der Waals surface area contributed by atoms with E-state index in [2.05, 4.69) is 0 Å². The van der Waals surface area contributed by atoms with Crippen molar-refractivity contribution in [3.8, 4) is 0 Å². The lowest BCUT2D eigenvalue weighted by molar-refractivity contribution is 0.00237. The summed E-state index contributed by atoms with van der Waals surface area (Å²) in [5, 5.41) is 11.1. The van der Waals surface area contributed by atoms with Crippen molar-refractivity contribution in [1.82, 2.24) is 4.90 Å². The van der Waals surface area contributed by atoms with Crippen LogP contribution in [0.1, 0.15) is 58.1 Å². The van der Waals surface area contributed by atoms with E-state index in [0.29, 0.717) is 18.0 Å². The molecule has 1 fully saturated rings. The Kier molecular flexibility index (Phi) is 5.93. The highest BCUT2D eigenvalue weighted by Gasteiger charge is 2.31. The second-order valence-electron chi connectivity index (χ2n) is 7.13. The predicted octanol–water partition coefficient (Wildman–Crippen LogP) is 4.55. The van der Waals surface area contributed by atoms with Crippen LogP contribution in [0.2, 0.25) is 5.02 Å². The quantitative estimate of drug-likeness (QED) is 0.878. The van der Waals surface area contributed by atoms with Crippen LogP contribution in [0, 0.1) is 0 Å². The van der Waals surface area contributed by atoms with Crippen LogP contribution in [0.4, 0.5) is 4.79 Å². The van der Waals surface area contributed by atoms with Gasteiger partial charge >= 0.3 is 6.09 Å². The Hall–Kier alpha value is -1.26. The predicted molar refractivity (Wildman–Crippen MR) is 91.6 cm³/mol. The fraction of sp³-hybridized carbons (Fsp3) is 0.611. The molecule has 1 N–H and O–H groups in total. The minimum atomic E-state index is -0.637. The molecule has 0 aliphatic carbocycles. The van der Waals surface area contributed by atoms with Gasteiger partial charge in [-0.2, -0.15) is 0 Å². The number of benzene rings is 1. The molecule has 2 atom stereocenters. The molecule has 1 aromatic rings. The van der Waals surface area contributed by atoms with Gasteiger partial charge in [0.25, 0.3) is 0 Å². The summed E-state index contributed by atoms with van der Waals surface area (Å²) in [5.41, 5.74) is 0.275. The molecule has 0 saturated carbocycles. The highest BCUT2D eigenvalue weighted by Crippen LogP contribution is 2.29. The smallest absolute Gasteiger partial charge is 0.410 e. The van der Waals surface area contributed by atoms with Crippen LogP contribution < -0.4 is 0 Å². The number of rotatable bonds is 3. The number of piperidine rings is 1. The normalized spacial score (nSPS) is 20.2. The van der Waals surface area contributed by atoms with Crippen molar-refractivity contribution in [2.45, 2.75) is 64.2 Å². The van der Waals surface area contributed by atoms with Crippen molar-refractivity contribution in [3.05, 3.63) is 34.9 Å². The van der Waals surface area contributed by atoms with Gasteiger partial charge in [-0.25, -0.2) is 4.79 Å². The number of halogens is 1. The average Bonchev–Trinajstić information content (AvgIpc) is 2.46. The van der Waals surface area contributed by atoms with Crippen molar-refractivity contribution in [2.24, 2.45) is 0 Å². The Morgan fingerprint density at radius 2 is 2.17 bits per heavy atom. The number of amides is 1. The summed E-state index contributed by atoms with van der Waals surface area (Å²) < 4.78 is 5.50. The zero-order chi connectivity index (χ0) is 17.0. The highest BCUT2D eigenvalue weighted by molar-refractivity contribution is 6.30. The molecule has 0 radical (unpaired) electrons. The number of aliphatic hydroxyl groups is 1. The molecule has 1 heterocycles. The fourth-order valence-electron chi connectivity index (χ4n) is 2.91. The van der Waals surface area contributed by atoms with Gasteiger partial charge in [0.1, 0.15) is 5.60 Å². The van der Waals surface area contributed by atoms with Gasteiger partial charge in [0.15, 0.2) is 0 Å². The molecular weight excluding hydrogens is 314 g/mol. The maximum Gasteiger partial charge on any atom is 0.410 e. The summed E-state index contributed by atoms with van der Waals surface area (Å²) in [7, 11) is 0. The number of nitrogens with zero attached hydrogens (tertiary/aromatic N) is 1. The monoisotopic (exact) mass is 339 g/mol. The van der Waals surface area contributed by atoms with Gasteiger partial charge in [0.05, 0.1) is 6.10 Å². The van der Waals surface area contributed by atoms with Crippen molar-refractivity contribution in [1.29, 1.82) is 0 Å². The van der Waals surface area contributed by atoms with Crippen LogP contribution in [0.3, 0.4) is 0 Å². The fourth-order valence-corrected chi connectivity index (χ4v) is 3.11. The summed E-state index contributed by atoms with van der Waals surface area (Å²) in [6.45, 7) is 6.28. The molecule has 0 bridgehead atoms. The highest BCUT2D eigenvalue weighted by atomic mass is 35.5. The van der Waals surface area contributed by atoms with E-state index in [-0.39, 0.29) is 12.1 Å². The zero-order valence-electron chi connectivity index (χ0n) is 14.1. The summed E-state index contributed by atoms with van der Waals surface area (Å²) in [4.78, 5) is 14.2. The third-order valence-electron chi connectivity index (χ3n) is 3.98. The first-order valence-corrected chi connectivity index (χ1v) is 8.57. The molecule has 0 spiro atoms. The number of likely N-dealkylation sites (tertiary alicyclic amines) is 1. The summed E-state index contributed by atoms with van der Waals surface area (Å²) in [6.07, 6.45) is 2.49. The third kappa shape index (κ3) is 5.40. The Bertz CT molecular complexity index is 541. The average molecular weight is 340 g/mol. The van der Waals surface area contributed by atoms with Gasteiger partial charge in [-0.05, 0) is 64.2 Å². The van der Waals surface area contributed by atoms with Gasteiger partial charge in [-0.3, -0.25) is 0 Å². The largest absolute Gasteiger partial charge is 0.444 e. The van der Waals surface area contributed by atoms with E-state index in [1.807, 2.05) is 32.9 Å². The van der Waals surface area contributed by atoms with E-state index in [9.17, 15) is 9.90 Å². The molecule has 23 heavy (non-hydrogen) atoms. The number of aliphatic hydroxyl groups excluding tert-OH is 1. The van der Waals surface area contributed by atoms with Crippen molar-refractivity contribution in [3.63, 3.8) is 0 Å². The molecule has 5 heteroatoms. The lowest BCUT2D eigenvalue weighted by atomic mass is 9.94. The topological polar surface area (TPSA) is 49.8 Å². The molecule has 1 aliphatic heterocycles. The van der Waals surface area contributed by atoms with E-state index < -0.39 is 11.7 Å². The molecule has 4 nitrogen and oxygen atoms in total. The SMILES string of the molecule is CC(C)(C)OC(=O)N1CCCCC1CC(O)c1cccc(Cl)c1. The van der Waals surface area contributed by atoms with Gasteiger partial charge in [-0.1, -0.05) is 23.7 Å². The van der Waals surface area contributed by atoms with E-state index in [0.717, 1.165) is 24.8 Å². The first-order valence-electron chi connectivity index (χ1n) is 8.19. The number of hydrogen-bond donors (Lipinski definition) is 1. The summed E-state index contributed by atoms with van der Waals surface area (Å²) in [5.74, 6) is 0. The molecule has 2 unspecified atom stereocenters. The molecule has 2 rings (SSSR count). The summed E-state index contributed by atoms with van der Waals surface area (Å²) >= 11 is 5.99. The van der Waals surface area contributed by atoms with Crippen LogP contribution in [-0.4, -0.2) is 34.3 Å². The summed E-state index contributed by atoms with van der Waals surface area (Å²) in [6, 6.07) is 7.23. The second kappa shape index (κ2) is 7.54. The molecule has 1 aliphatic rings. The van der Waals surface area contributed by atoms with Crippen LogP contribution in [0.25, 0.3) is 0 Å². The maximum atomic E-state index is 12.4. The van der Waals surface area contributed by atoms with E-state index in [4.69, 9.17) is 16.3 Å². The van der Waals surface area contributed by atoms with Crippen molar-refractivity contribution >= 4 is 17.7 Å². The number of carbonyl (C=O) groups is 1. The third-order valence-corrected chi connectivity index (χ3v) is 4.22.